The number of nitrogens with zero attached hydrogens (tertiary/aromatic N) is 5. The van der Waals surface area contributed by atoms with Gasteiger partial charge in [-0.3, -0.25) is 4.98 Å². The molecule has 1 atom stereocenters. The van der Waals surface area contributed by atoms with Gasteiger partial charge in [0.15, 0.2) is 0 Å². The fourth-order valence-corrected chi connectivity index (χ4v) is 2.75. The molecule has 0 radical (unpaired) electrons. The highest BCUT2D eigenvalue weighted by Crippen LogP contribution is 2.26. The average molecular weight is 313 g/mol. The standard InChI is InChI=1S/C17H23N5O/c1-12-9-14(21(3)4)10-15(19-12)16-11-22(7-8-23-16)17-5-6-18-13(2)20-17/h5-6,9-10,16H,7-8,11H2,1-4H3. The first kappa shape index (κ1) is 15.7. The Kier molecular flexibility index (Phi) is 4.43. The van der Waals surface area contributed by atoms with Gasteiger partial charge in [0.1, 0.15) is 17.7 Å². The second-order valence-corrected chi connectivity index (χ2v) is 6.05. The molecule has 0 bridgehead atoms. The van der Waals surface area contributed by atoms with Gasteiger partial charge in [0.25, 0.3) is 0 Å². The largest absolute Gasteiger partial charge is 0.378 e. The third-order valence-electron chi connectivity index (χ3n) is 3.96. The van der Waals surface area contributed by atoms with Crippen LogP contribution in [0.5, 0.6) is 0 Å². The molecule has 1 aliphatic rings. The molecule has 0 aliphatic carbocycles. The molecule has 0 amide bonds. The van der Waals surface area contributed by atoms with Gasteiger partial charge in [-0.05, 0) is 32.0 Å². The van der Waals surface area contributed by atoms with Crippen molar-refractivity contribution >= 4 is 11.5 Å². The number of hydrogen-bond donors (Lipinski definition) is 0. The van der Waals surface area contributed by atoms with Crippen molar-refractivity contribution in [3.63, 3.8) is 0 Å². The second-order valence-electron chi connectivity index (χ2n) is 6.05. The number of rotatable bonds is 3. The van der Waals surface area contributed by atoms with Crippen molar-refractivity contribution in [2.45, 2.75) is 20.0 Å². The molecular formula is C17H23N5O. The molecule has 23 heavy (non-hydrogen) atoms. The van der Waals surface area contributed by atoms with Crippen LogP contribution in [0.25, 0.3) is 0 Å². The summed E-state index contributed by atoms with van der Waals surface area (Å²) in [5.41, 5.74) is 3.13. The van der Waals surface area contributed by atoms with Gasteiger partial charge in [-0.15, -0.1) is 0 Å². The lowest BCUT2D eigenvalue weighted by atomic mass is 10.1. The highest BCUT2D eigenvalue weighted by Gasteiger charge is 2.24. The molecule has 0 saturated carbocycles. The molecule has 2 aromatic rings. The highest BCUT2D eigenvalue weighted by molar-refractivity contribution is 5.48. The molecule has 122 valence electrons. The molecule has 1 unspecified atom stereocenters. The first-order valence-electron chi connectivity index (χ1n) is 7.85. The summed E-state index contributed by atoms with van der Waals surface area (Å²) in [4.78, 5) is 17.7. The maximum atomic E-state index is 5.97. The predicted octanol–water partition coefficient (Wildman–Crippen LogP) is 2.13. The van der Waals surface area contributed by atoms with Crippen LogP contribution in [0.2, 0.25) is 0 Å². The maximum absolute atomic E-state index is 5.97. The van der Waals surface area contributed by atoms with Crippen LogP contribution in [0.3, 0.4) is 0 Å². The van der Waals surface area contributed by atoms with Gasteiger partial charge in [-0.1, -0.05) is 0 Å². The normalized spacial score (nSPS) is 18.1. The van der Waals surface area contributed by atoms with Crippen molar-refractivity contribution in [2.75, 3.05) is 43.6 Å². The molecule has 6 heteroatoms. The summed E-state index contributed by atoms with van der Waals surface area (Å²) in [6.45, 7) is 6.18. The molecule has 2 aromatic heterocycles. The summed E-state index contributed by atoms with van der Waals surface area (Å²) in [6, 6.07) is 6.13. The molecule has 0 spiro atoms. The van der Waals surface area contributed by atoms with Crippen molar-refractivity contribution in [3.8, 4) is 0 Å². The first-order valence-corrected chi connectivity index (χ1v) is 7.85. The third kappa shape index (κ3) is 3.59. The smallest absolute Gasteiger partial charge is 0.132 e. The Hall–Kier alpha value is -2.21. The number of hydrogen-bond acceptors (Lipinski definition) is 6. The Morgan fingerprint density at radius 2 is 2.04 bits per heavy atom. The Labute approximate surface area is 137 Å². The van der Waals surface area contributed by atoms with Crippen LogP contribution in [0.15, 0.2) is 24.4 Å². The van der Waals surface area contributed by atoms with E-state index in [9.17, 15) is 0 Å². The Bertz CT molecular complexity index is 688. The molecule has 0 aromatic carbocycles. The fourth-order valence-electron chi connectivity index (χ4n) is 2.75. The number of anilines is 2. The van der Waals surface area contributed by atoms with E-state index in [2.05, 4.69) is 36.9 Å². The Morgan fingerprint density at radius 1 is 1.22 bits per heavy atom. The summed E-state index contributed by atoms with van der Waals surface area (Å²) in [5, 5.41) is 0. The van der Waals surface area contributed by atoms with Crippen LogP contribution in [-0.4, -0.2) is 48.7 Å². The number of aromatic nitrogens is 3. The molecule has 3 rings (SSSR count). The second kappa shape index (κ2) is 6.50. The van der Waals surface area contributed by atoms with E-state index in [4.69, 9.17) is 4.74 Å². The van der Waals surface area contributed by atoms with E-state index < -0.39 is 0 Å². The third-order valence-corrected chi connectivity index (χ3v) is 3.96. The van der Waals surface area contributed by atoms with Crippen molar-refractivity contribution in [3.05, 3.63) is 41.6 Å². The van der Waals surface area contributed by atoms with Gasteiger partial charge in [0.05, 0.1) is 18.8 Å². The van der Waals surface area contributed by atoms with Crippen LogP contribution >= 0.6 is 0 Å². The van der Waals surface area contributed by atoms with Gasteiger partial charge in [-0.2, -0.15) is 0 Å². The van der Waals surface area contributed by atoms with Crippen LogP contribution < -0.4 is 9.80 Å². The van der Waals surface area contributed by atoms with E-state index >= 15 is 0 Å². The summed E-state index contributed by atoms with van der Waals surface area (Å²) in [7, 11) is 4.08. The first-order chi connectivity index (χ1) is 11.0. The zero-order chi connectivity index (χ0) is 16.4. The van der Waals surface area contributed by atoms with Crippen molar-refractivity contribution < 1.29 is 4.74 Å². The van der Waals surface area contributed by atoms with E-state index in [1.54, 1.807) is 6.20 Å². The minimum absolute atomic E-state index is 0.0439. The topological polar surface area (TPSA) is 54.4 Å². The van der Waals surface area contributed by atoms with E-state index in [1.807, 2.05) is 34.0 Å². The van der Waals surface area contributed by atoms with Crippen molar-refractivity contribution in [1.29, 1.82) is 0 Å². The SMILES string of the molecule is Cc1cc(N(C)C)cc(C2CN(c3ccnc(C)n3)CCO2)n1. The Balaban J connectivity index is 1.84. The zero-order valence-corrected chi connectivity index (χ0v) is 14.2. The number of morpholine rings is 1. The van der Waals surface area contributed by atoms with Gasteiger partial charge in [-0.25, -0.2) is 9.97 Å². The number of ether oxygens (including phenoxy) is 1. The maximum Gasteiger partial charge on any atom is 0.132 e. The number of aryl methyl sites for hydroxylation is 2. The van der Waals surface area contributed by atoms with Crippen LogP contribution in [0, 0.1) is 13.8 Å². The van der Waals surface area contributed by atoms with Gasteiger partial charge >= 0.3 is 0 Å². The van der Waals surface area contributed by atoms with Crippen LogP contribution in [-0.2, 0) is 4.74 Å². The minimum Gasteiger partial charge on any atom is -0.378 e. The summed E-state index contributed by atoms with van der Waals surface area (Å²) in [5.74, 6) is 1.74. The average Bonchev–Trinajstić information content (AvgIpc) is 2.54. The summed E-state index contributed by atoms with van der Waals surface area (Å²) in [6.07, 6.45) is 1.76. The molecule has 3 heterocycles. The molecule has 1 saturated heterocycles. The lowest BCUT2D eigenvalue weighted by molar-refractivity contribution is 0.0367. The number of pyridine rings is 1. The predicted molar refractivity (Wildman–Crippen MR) is 91.0 cm³/mol. The molecule has 1 aliphatic heterocycles. The van der Waals surface area contributed by atoms with Crippen molar-refractivity contribution in [1.82, 2.24) is 15.0 Å². The van der Waals surface area contributed by atoms with Gasteiger partial charge < -0.3 is 14.5 Å². The Morgan fingerprint density at radius 3 is 2.78 bits per heavy atom. The van der Waals surface area contributed by atoms with E-state index in [0.29, 0.717) is 6.61 Å². The van der Waals surface area contributed by atoms with E-state index in [1.165, 1.54) is 0 Å². The van der Waals surface area contributed by atoms with Crippen molar-refractivity contribution in [2.24, 2.45) is 0 Å². The lowest BCUT2D eigenvalue weighted by Gasteiger charge is -2.33. The fraction of sp³-hybridized carbons (Fsp3) is 0.471. The van der Waals surface area contributed by atoms with Gasteiger partial charge in [0, 0.05) is 38.2 Å². The molecule has 6 nitrogen and oxygen atoms in total. The monoisotopic (exact) mass is 313 g/mol. The van der Waals surface area contributed by atoms with Crippen LogP contribution in [0.1, 0.15) is 23.3 Å². The molecular weight excluding hydrogens is 290 g/mol. The minimum atomic E-state index is -0.0439. The summed E-state index contributed by atoms with van der Waals surface area (Å²) < 4.78 is 5.97. The van der Waals surface area contributed by atoms with Crippen LogP contribution in [0.4, 0.5) is 11.5 Å². The van der Waals surface area contributed by atoms with Gasteiger partial charge in [0.2, 0.25) is 0 Å². The quantitative estimate of drug-likeness (QED) is 0.865. The van der Waals surface area contributed by atoms with E-state index in [-0.39, 0.29) is 6.10 Å². The molecule has 1 fully saturated rings. The summed E-state index contributed by atoms with van der Waals surface area (Å²) >= 11 is 0. The van der Waals surface area contributed by atoms with E-state index in [0.717, 1.165) is 41.8 Å². The lowest BCUT2D eigenvalue weighted by Crippen LogP contribution is -2.39. The highest BCUT2D eigenvalue weighted by atomic mass is 16.5. The zero-order valence-electron chi connectivity index (χ0n) is 14.2. The molecule has 0 N–H and O–H groups in total.